The molecule has 0 aliphatic carbocycles. The van der Waals surface area contributed by atoms with E-state index in [1.807, 2.05) is 0 Å². The molecule has 2 N–H and O–H groups in total. The molecule has 10 heteroatoms. The molecule has 136 valence electrons. The third-order valence-electron chi connectivity index (χ3n) is 3.53. The number of aromatic nitrogens is 2. The van der Waals surface area contributed by atoms with Crippen molar-refractivity contribution in [1.29, 1.82) is 0 Å². The average molecular weight is 404 g/mol. The molecule has 3 rings (SSSR count). The number of halogens is 2. The molecule has 0 unspecified atom stereocenters. The molecule has 1 heterocycles. The molecule has 0 bridgehead atoms. The van der Waals surface area contributed by atoms with Gasteiger partial charge in [0.15, 0.2) is 0 Å². The Bertz CT molecular complexity index is 1030. The number of nitrogens with zero attached hydrogens (tertiary/aromatic N) is 3. The topological polar surface area (TPSA) is 113 Å². The summed E-state index contributed by atoms with van der Waals surface area (Å²) >= 11 is 12.0. The second-order valence-corrected chi connectivity index (χ2v) is 6.12. The fraction of sp³-hybridized carbons (Fsp3) is 0. The molecular weight excluding hydrogens is 393 g/mol. The number of carbonyl (C=O) groups excluding carboxylic acids is 1. The van der Waals surface area contributed by atoms with Crippen LogP contribution in [0.3, 0.4) is 0 Å². The van der Waals surface area contributed by atoms with Crippen molar-refractivity contribution in [2.45, 2.75) is 0 Å². The van der Waals surface area contributed by atoms with Crippen LogP contribution in [0.15, 0.2) is 53.6 Å². The zero-order valence-electron chi connectivity index (χ0n) is 13.5. The molecular formula is C17H11Cl2N5O3. The van der Waals surface area contributed by atoms with Gasteiger partial charge >= 0.3 is 0 Å². The number of H-pyrrole nitrogens is 1. The van der Waals surface area contributed by atoms with E-state index in [1.54, 1.807) is 30.3 Å². The van der Waals surface area contributed by atoms with Crippen molar-refractivity contribution in [3.63, 3.8) is 0 Å². The number of nitro groups is 1. The summed E-state index contributed by atoms with van der Waals surface area (Å²) in [7, 11) is 0. The predicted octanol–water partition coefficient (Wildman–Crippen LogP) is 4.06. The maximum Gasteiger partial charge on any atom is 0.289 e. The Balaban J connectivity index is 1.73. The van der Waals surface area contributed by atoms with Crippen LogP contribution in [0.5, 0.6) is 0 Å². The van der Waals surface area contributed by atoms with Crippen molar-refractivity contribution in [1.82, 2.24) is 15.6 Å². The van der Waals surface area contributed by atoms with Crippen LogP contribution in [0.4, 0.5) is 5.69 Å². The highest BCUT2D eigenvalue weighted by Gasteiger charge is 2.13. The van der Waals surface area contributed by atoms with Gasteiger partial charge in [0.05, 0.1) is 26.9 Å². The van der Waals surface area contributed by atoms with Gasteiger partial charge in [0.2, 0.25) is 0 Å². The molecule has 0 fully saturated rings. The monoisotopic (exact) mass is 403 g/mol. The number of hydrogen-bond donors (Lipinski definition) is 2. The summed E-state index contributed by atoms with van der Waals surface area (Å²) in [4.78, 5) is 22.5. The first-order valence-corrected chi connectivity index (χ1v) is 8.29. The average Bonchev–Trinajstić information content (AvgIpc) is 3.14. The smallest absolute Gasteiger partial charge is 0.272 e. The van der Waals surface area contributed by atoms with Crippen LogP contribution in [-0.4, -0.2) is 27.2 Å². The number of rotatable bonds is 5. The molecule has 0 atom stereocenters. The lowest BCUT2D eigenvalue weighted by Crippen LogP contribution is -2.18. The number of aromatic amines is 1. The van der Waals surface area contributed by atoms with Gasteiger partial charge in [-0.2, -0.15) is 10.2 Å². The minimum atomic E-state index is -0.543. The van der Waals surface area contributed by atoms with Crippen LogP contribution in [0, 0.1) is 10.1 Å². The van der Waals surface area contributed by atoms with Crippen LogP contribution in [0.25, 0.3) is 11.3 Å². The van der Waals surface area contributed by atoms with Gasteiger partial charge in [0, 0.05) is 23.3 Å². The number of nitro benzene ring substituents is 1. The molecule has 1 aromatic heterocycles. The van der Waals surface area contributed by atoms with E-state index < -0.39 is 10.8 Å². The van der Waals surface area contributed by atoms with Crippen LogP contribution in [0.1, 0.15) is 16.1 Å². The van der Waals surface area contributed by atoms with Crippen molar-refractivity contribution in [2.24, 2.45) is 5.10 Å². The first-order chi connectivity index (χ1) is 13.0. The van der Waals surface area contributed by atoms with Crippen LogP contribution < -0.4 is 5.43 Å². The van der Waals surface area contributed by atoms with Crippen LogP contribution in [-0.2, 0) is 0 Å². The van der Waals surface area contributed by atoms with Gasteiger partial charge in [-0.3, -0.25) is 20.0 Å². The van der Waals surface area contributed by atoms with Crippen molar-refractivity contribution >= 4 is 41.0 Å². The first-order valence-electron chi connectivity index (χ1n) is 7.53. The summed E-state index contributed by atoms with van der Waals surface area (Å²) < 4.78 is 0. The van der Waals surface area contributed by atoms with Crippen molar-refractivity contribution in [3.8, 4) is 11.3 Å². The Hall–Kier alpha value is -3.23. The number of benzene rings is 2. The second kappa shape index (κ2) is 7.98. The van der Waals surface area contributed by atoms with E-state index in [0.29, 0.717) is 26.9 Å². The Morgan fingerprint density at radius 2 is 1.89 bits per heavy atom. The maximum absolute atomic E-state index is 12.2. The van der Waals surface area contributed by atoms with E-state index >= 15 is 0 Å². The zero-order valence-corrected chi connectivity index (χ0v) is 15.0. The fourth-order valence-electron chi connectivity index (χ4n) is 2.21. The van der Waals surface area contributed by atoms with Crippen LogP contribution >= 0.6 is 23.2 Å². The summed E-state index contributed by atoms with van der Waals surface area (Å²) in [5.74, 6) is -0.543. The molecule has 0 saturated carbocycles. The summed E-state index contributed by atoms with van der Waals surface area (Å²) in [5.41, 5.74) is 3.77. The lowest BCUT2D eigenvalue weighted by molar-refractivity contribution is -0.384. The first kappa shape index (κ1) is 18.6. The maximum atomic E-state index is 12.2. The molecule has 8 nitrogen and oxygen atoms in total. The van der Waals surface area contributed by atoms with E-state index in [9.17, 15) is 14.9 Å². The number of non-ortho nitro benzene ring substituents is 1. The van der Waals surface area contributed by atoms with E-state index in [1.165, 1.54) is 24.4 Å². The van der Waals surface area contributed by atoms with E-state index in [-0.39, 0.29) is 11.4 Å². The molecule has 0 aliphatic rings. The highest BCUT2D eigenvalue weighted by Crippen LogP contribution is 2.23. The van der Waals surface area contributed by atoms with Gasteiger partial charge in [-0.25, -0.2) is 5.43 Å². The van der Waals surface area contributed by atoms with Crippen LogP contribution in [0.2, 0.25) is 10.0 Å². The quantitative estimate of drug-likeness (QED) is 0.379. The fourth-order valence-corrected chi connectivity index (χ4v) is 2.71. The standard InChI is InChI=1S/C17H11Cl2N5O3/c18-13-5-2-6-14(19)12(13)9-20-23-17(25)16-8-15(21-22-16)10-3-1-4-11(7-10)24(26)27/h1-9H,(H,21,22)(H,23,25). The van der Waals surface area contributed by atoms with Crippen molar-refractivity contribution in [2.75, 3.05) is 0 Å². The van der Waals surface area contributed by atoms with Gasteiger partial charge in [-0.15, -0.1) is 0 Å². The van der Waals surface area contributed by atoms with Gasteiger partial charge in [-0.05, 0) is 18.2 Å². The minimum absolute atomic E-state index is 0.0669. The van der Waals surface area contributed by atoms with Gasteiger partial charge in [0.25, 0.3) is 11.6 Å². The lowest BCUT2D eigenvalue weighted by atomic mass is 10.1. The number of hydrogen-bond acceptors (Lipinski definition) is 5. The summed E-state index contributed by atoms with van der Waals surface area (Å²) in [6.07, 6.45) is 1.33. The number of carbonyl (C=O) groups is 1. The molecule has 0 aliphatic heterocycles. The Morgan fingerprint density at radius 1 is 1.19 bits per heavy atom. The van der Waals surface area contributed by atoms with Gasteiger partial charge < -0.3 is 0 Å². The summed E-state index contributed by atoms with van der Waals surface area (Å²) in [5, 5.41) is 22.1. The van der Waals surface area contributed by atoms with E-state index in [2.05, 4.69) is 20.7 Å². The molecule has 0 radical (unpaired) electrons. The summed E-state index contributed by atoms with van der Waals surface area (Å²) in [6.45, 7) is 0. The summed E-state index contributed by atoms with van der Waals surface area (Å²) in [6, 6.07) is 12.4. The van der Waals surface area contributed by atoms with Gasteiger partial charge in [0.1, 0.15) is 5.69 Å². The molecule has 2 aromatic carbocycles. The minimum Gasteiger partial charge on any atom is -0.272 e. The molecule has 3 aromatic rings. The Morgan fingerprint density at radius 3 is 2.59 bits per heavy atom. The SMILES string of the molecule is O=C(NN=Cc1c(Cl)cccc1Cl)c1cc(-c2cccc([N+](=O)[O-])c2)n[nH]1. The largest absolute Gasteiger partial charge is 0.289 e. The van der Waals surface area contributed by atoms with Crippen molar-refractivity contribution < 1.29 is 9.72 Å². The van der Waals surface area contributed by atoms with Gasteiger partial charge in [-0.1, -0.05) is 41.4 Å². The number of nitrogens with one attached hydrogen (secondary N) is 2. The number of amides is 1. The number of hydrazone groups is 1. The zero-order chi connectivity index (χ0) is 19.4. The highest BCUT2D eigenvalue weighted by molar-refractivity contribution is 6.38. The Labute approximate surface area is 163 Å². The highest BCUT2D eigenvalue weighted by atomic mass is 35.5. The normalized spacial score (nSPS) is 10.9. The molecule has 0 saturated heterocycles. The predicted molar refractivity (Wildman–Crippen MR) is 102 cm³/mol. The van der Waals surface area contributed by atoms with Crippen molar-refractivity contribution in [3.05, 3.63) is 79.9 Å². The van der Waals surface area contributed by atoms with E-state index in [0.717, 1.165) is 0 Å². The third-order valence-corrected chi connectivity index (χ3v) is 4.19. The molecule has 27 heavy (non-hydrogen) atoms. The van der Waals surface area contributed by atoms with E-state index in [4.69, 9.17) is 23.2 Å². The third kappa shape index (κ3) is 4.30. The molecule has 1 amide bonds. The lowest BCUT2D eigenvalue weighted by Gasteiger charge is -2.00. The Kier molecular flexibility index (Phi) is 5.49. The molecule has 0 spiro atoms. The second-order valence-electron chi connectivity index (χ2n) is 5.31.